The van der Waals surface area contributed by atoms with Crippen molar-refractivity contribution < 1.29 is 4.79 Å². The highest BCUT2D eigenvalue weighted by Gasteiger charge is 2.06. The summed E-state index contributed by atoms with van der Waals surface area (Å²) >= 11 is 1.72. The van der Waals surface area contributed by atoms with Gasteiger partial charge in [0.1, 0.15) is 0 Å². The van der Waals surface area contributed by atoms with Gasteiger partial charge >= 0.3 is 0 Å². The second kappa shape index (κ2) is 7.80. The predicted molar refractivity (Wildman–Crippen MR) is 98.0 cm³/mol. The van der Waals surface area contributed by atoms with E-state index in [1.165, 1.54) is 10.5 Å². The first-order valence-corrected chi connectivity index (χ1v) is 8.68. The molecule has 0 aromatic heterocycles. The molecule has 0 saturated carbocycles. The van der Waals surface area contributed by atoms with Crippen molar-refractivity contribution >= 4 is 17.5 Å². The highest BCUT2D eigenvalue weighted by molar-refractivity contribution is 7.99. The largest absolute Gasteiger partial charge is 0.294 e. The minimum atomic E-state index is 0.202. The average Bonchev–Trinajstić information content (AvgIpc) is 2.63. The van der Waals surface area contributed by atoms with Crippen LogP contribution >= 0.6 is 11.8 Å². The van der Waals surface area contributed by atoms with Crippen LogP contribution in [0.5, 0.6) is 0 Å². The summed E-state index contributed by atoms with van der Waals surface area (Å²) in [5.74, 6) is 1.01. The third-order valence-electron chi connectivity index (χ3n) is 3.66. The lowest BCUT2D eigenvalue weighted by atomic mass is 10.0. The van der Waals surface area contributed by atoms with Crippen LogP contribution in [0, 0.1) is 0 Å². The first kappa shape index (κ1) is 15.6. The van der Waals surface area contributed by atoms with Gasteiger partial charge in [-0.1, -0.05) is 72.8 Å². The molecular formula is C21H18OS. The normalized spacial score (nSPS) is 10.4. The maximum absolute atomic E-state index is 12.3. The van der Waals surface area contributed by atoms with Crippen molar-refractivity contribution in [1.29, 1.82) is 0 Å². The summed E-state index contributed by atoms with van der Waals surface area (Å²) in [6.45, 7) is 0. The van der Waals surface area contributed by atoms with Crippen LogP contribution in [0.25, 0.3) is 11.1 Å². The summed E-state index contributed by atoms with van der Waals surface area (Å²) in [6.07, 6.45) is 0.560. The van der Waals surface area contributed by atoms with Gasteiger partial charge in [-0.15, -0.1) is 11.8 Å². The number of hydrogen-bond acceptors (Lipinski definition) is 2. The van der Waals surface area contributed by atoms with E-state index in [9.17, 15) is 4.79 Å². The molecule has 0 heterocycles. The zero-order chi connectivity index (χ0) is 15.9. The van der Waals surface area contributed by atoms with Gasteiger partial charge < -0.3 is 0 Å². The summed E-state index contributed by atoms with van der Waals surface area (Å²) in [5, 5.41) is 0. The average molecular weight is 318 g/mol. The van der Waals surface area contributed by atoms with E-state index in [4.69, 9.17) is 0 Å². The Labute approximate surface area is 141 Å². The molecule has 0 spiro atoms. The number of thioether (sulfide) groups is 1. The molecular weight excluding hydrogens is 300 g/mol. The van der Waals surface area contributed by atoms with Crippen molar-refractivity contribution in [2.45, 2.75) is 11.3 Å². The SMILES string of the molecule is O=C(CCSc1ccccc1)c1ccc(-c2ccccc2)cc1. The number of Topliss-reactive ketones (excluding diaryl/α,β-unsaturated/α-hetero) is 1. The van der Waals surface area contributed by atoms with Crippen LogP contribution in [0.3, 0.4) is 0 Å². The lowest BCUT2D eigenvalue weighted by Crippen LogP contribution is -2.00. The van der Waals surface area contributed by atoms with Crippen molar-refractivity contribution in [1.82, 2.24) is 0 Å². The van der Waals surface area contributed by atoms with Gasteiger partial charge in [-0.25, -0.2) is 0 Å². The van der Waals surface area contributed by atoms with Gasteiger partial charge in [0.2, 0.25) is 0 Å². The van der Waals surface area contributed by atoms with Gasteiger partial charge in [0.25, 0.3) is 0 Å². The Morgan fingerprint density at radius 2 is 1.26 bits per heavy atom. The van der Waals surface area contributed by atoms with Gasteiger partial charge in [-0.2, -0.15) is 0 Å². The Morgan fingerprint density at radius 1 is 0.696 bits per heavy atom. The zero-order valence-electron chi connectivity index (χ0n) is 12.8. The molecule has 0 atom stereocenters. The van der Waals surface area contributed by atoms with E-state index >= 15 is 0 Å². The fourth-order valence-electron chi connectivity index (χ4n) is 2.40. The van der Waals surface area contributed by atoms with E-state index in [0.29, 0.717) is 6.42 Å². The number of hydrogen-bond donors (Lipinski definition) is 0. The summed E-state index contributed by atoms with van der Waals surface area (Å²) in [6, 6.07) is 28.3. The van der Waals surface area contributed by atoms with Gasteiger partial charge in [-0.3, -0.25) is 4.79 Å². The van der Waals surface area contributed by atoms with Gasteiger partial charge in [0, 0.05) is 22.6 Å². The van der Waals surface area contributed by atoms with Crippen LogP contribution in [-0.4, -0.2) is 11.5 Å². The summed E-state index contributed by atoms with van der Waals surface area (Å²) in [4.78, 5) is 13.5. The maximum atomic E-state index is 12.3. The molecule has 0 aliphatic carbocycles. The lowest BCUT2D eigenvalue weighted by molar-refractivity contribution is 0.0989. The molecule has 0 unspecified atom stereocenters. The molecule has 0 bridgehead atoms. The predicted octanol–water partition coefficient (Wildman–Crippen LogP) is 5.72. The lowest BCUT2D eigenvalue weighted by Gasteiger charge is -2.04. The molecule has 0 aliphatic heterocycles. The molecule has 3 aromatic rings. The first-order valence-electron chi connectivity index (χ1n) is 7.69. The summed E-state index contributed by atoms with van der Waals surface area (Å²) < 4.78 is 0. The number of carbonyl (C=O) groups is 1. The topological polar surface area (TPSA) is 17.1 Å². The highest BCUT2D eigenvalue weighted by Crippen LogP contribution is 2.21. The van der Waals surface area contributed by atoms with Crippen molar-refractivity contribution in [2.75, 3.05) is 5.75 Å². The van der Waals surface area contributed by atoms with E-state index in [1.807, 2.05) is 60.7 Å². The number of carbonyl (C=O) groups excluding carboxylic acids is 1. The molecule has 3 rings (SSSR count). The van der Waals surface area contributed by atoms with Crippen LogP contribution in [0.1, 0.15) is 16.8 Å². The molecule has 1 nitrogen and oxygen atoms in total. The third kappa shape index (κ3) is 4.33. The van der Waals surface area contributed by atoms with Crippen molar-refractivity contribution in [3.05, 3.63) is 90.5 Å². The van der Waals surface area contributed by atoms with Crippen LogP contribution < -0.4 is 0 Å². The molecule has 2 heteroatoms. The minimum Gasteiger partial charge on any atom is -0.294 e. The van der Waals surface area contributed by atoms with Crippen molar-refractivity contribution in [2.24, 2.45) is 0 Å². The zero-order valence-corrected chi connectivity index (χ0v) is 13.6. The molecule has 0 N–H and O–H groups in total. The fraction of sp³-hybridized carbons (Fsp3) is 0.0952. The molecule has 0 aliphatic rings. The highest BCUT2D eigenvalue weighted by atomic mass is 32.2. The quantitative estimate of drug-likeness (QED) is 0.427. The molecule has 0 fully saturated rings. The first-order chi connectivity index (χ1) is 11.3. The number of rotatable bonds is 6. The van der Waals surface area contributed by atoms with Gasteiger partial charge in [-0.05, 0) is 23.3 Å². The van der Waals surface area contributed by atoms with Crippen LogP contribution in [0.2, 0.25) is 0 Å². The Hall–Kier alpha value is -2.32. The maximum Gasteiger partial charge on any atom is 0.163 e. The van der Waals surface area contributed by atoms with Crippen LogP contribution in [0.15, 0.2) is 89.8 Å². The second-order valence-corrected chi connectivity index (χ2v) is 6.45. The Bertz CT molecular complexity index is 749. The summed E-state index contributed by atoms with van der Waals surface area (Å²) in [7, 11) is 0. The van der Waals surface area contributed by atoms with E-state index in [2.05, 4.69) is 24.3 Å². The van der Waals surface area contributed by atoms with Crippen molar-refractivity contribution in [3.8, 4) is 11.1 Å². The standard InChI is InChI=1S/C21H18OS/c22-21(15-16-23-20-9-5-2-6-10-20)19-13-11-18(12-14-19)17-7-3-1-4-8-17/h1-14H,15-16H2. The molecule has 23 heavy (non-hydrogen) atoms. The van der Waals surface area contributed by atoms with Gasteiger partial charge in [0.15, 0.2) is 5.78 Å². The Balaban J connectivity index is 1.58. The Kier molecular flexibility index (Phi) is 5.28. The van der Waals surface area contributed by atoms with Crippen LogP contribution in [0.4, 0.5) is 0 Å². The third-order valence-corrected chi connectivity index (χ3v) is 4.67. The van der Waals surface area contributed by atoms with E-state index in [1.54, 1.807) is 11.8 Å². The minimum absolute atomic E-state index is 0.202. The van der Waals surface area contributed by atoms with E-state index in [0.717, 1.165) is 16.9 Å². The number of benzene rings is 3. The number of ketones is 1. The molecule has 0 radical (unpaired) electrons. The second-order valence-electron chi connectivity index (χ2n) is 5.28. The van der Waals surface area contributed by atoms with E-state index < -0.39 is 0 Å². The smallest absolute Gasteiger partial charge is 0.163 e. The molecule has 0 saturated heterocycles. The van der Waals surface area contributed by atoms with Crippen LogP contribution in [-0.2, 0) is 0 Å². The van der Waals surface area contributed by atoms with E-state index in [-0.39, 0.29) is 5.78 Å². The Morgan fingerprint density at radius 3 is 1.91 bits per heavy atom. The van der Waals surface area contributed by atoms with Crippen molar-refractivity contribution in [3.63, 3.8) is 0 Å². The van der Waals surface area contributed by atoms with Gasteiger partial charge in [0.05, 0.1) is 0 Å². The monoisotopic (exact) mass is 318 g/mol. The fourth-order valence-corrected chi connectivity index (χ4v) is 3.27. The molecule has 0 amide bonds. The molecule has 3 aromatic carbocycles. The summed E-state index contributed by atoms with van der Waals surface area (Å²) in [5.41, 5.74) is 3.10. The molecule has 114 valence electrons.